The summed E-state index contributed by atoms with van der Waals surface area (Å²) in [5.74, 6) is -1.93. The molecule has 0 aliphatic heterocycles. The van der Waals surface area contributed by atoms with Crippen molar-refractivity contribution in [3.8, 4) is 11.5 Å². The Morgan fingerprint density at radius 2 is 1.83 bits per heavy atom. The van der Waals surface area contributed by atoms with Crippen LogP contribution in [0.15, 0.2) is 18.2 Å². The van der Waals surface area contributed by atoms with Gasteiger partial charge in [-0.05, 0) is 29.8 Å². The molecule has 1 aromatic rings. The summed E-state index contributed by atoms with van der Waals surface area (Å²) in [5, 5.41) is -1.06. The highest BCUT2D eigenvalue weighted by atomic mass is 35.5. The summed E-state index contributed by atoms with van der Waals surface area (Å²) in [5.41, 5.74) is -0.350. The quantitative estimate of drug-likeness (QED) is 0.628. The summed E-state index contributed by atoms with van der Waals surface area (Å²) in [4.78, 5) is 10.7. The maximum absolute atomic E-state index is 12.0. The Hall–Kier alpha value is -1.57. The SMILES string of the molecule is O=C(Cl)c1ccc(OC(F)F)c(OC(F)(F)F)c1. The molecule has 0 spiro atoms. The second-order valence-electron chi connectivity index (χ2n) is 2.86. The normalized spacial score (nSPS) is 11.5. The van der Waals surface area contributed by atoms with E-state index in [0.29, 0.717) is 6.07 Å². The minimum atomic E-state index is -5.12. The first kappa shape index (κ1) is 14.5. The molecule has 1 aromatic carbocycles. The third kappa shape index (κ3) is 4.36. The number of benzene rings is 1. The number of ether oxygens (including phenoxy) is 2. The highest BCUT2D eigenvalue weighted by Crippen LogP contribution is 2.34. The van der Waals surface area contributed by atoms with Crippen LogP contribution in [0.5, 0.6) is 11.5 Å². The average Bonchev–Trinajstić information content (AvgIpc) is 2.17. The molecule has 0 heterocycles. The van der Waals surface area contributed by atoms with Gasteiger partial charge in [-0.25, -0.2) is 0 Å². The van der Waals surface area contributed by atoms with Gasteiger partial charge in [-0.1, -0.05) is 0 Å². The average molecular weight is 291 g/mol. The zero-order valence-corrected chi connectivity index (χ0v) is 9.06. The first-order valence-corrected chi connectivity index (χ1v) is 4.61. The summed E-state index contributed by atoms with van der Waals surface area (Å²) < 4.78 is 67.2. The Morgan fingerprint density at radius 1 is 1.22 bits per heavy atom. The van der Waals surface area contributed by atoms with Crippen LogP contribution >= 0.6 is 11.6 Å². The van der Waals surface area contributed by atoms with E-state index in [2.05, 4.69) is 9.47 Å². The minimum Gasteiger partial charge on any atom is -0.431 e. The minimum absolute atomic E-state index is 0.350. The maximum Gasteiger partial charge on any atom is 0.573 e. The van der Waals surface area contributed by atoms with Gasteiger partial charge in [0, 0.05) is 5.56 Å². The molecule has 0 bridgehead atoms. The summed E-state index contributed by atoms with van der Waals surface area (Å²) in [6.45, 7) is -3.34. The fraction of sp³-hybridized carbons (Fsp3) is 0.222. The number of alkyl halides is 5. The predicted molar refractivity (Wildman–Crippen MR) is 49.9 cm³/mol. The molecule has 0 radical (unpaired) electrons. The van der Waals surface area contributed by atoms with Crippen LogP contribution in [0.25, 0.3) is 0 Å². The molecule has 9 heteroatoms. The second kappa shape index (κ2) is 5.38. The molecule has 18 heavy (non-hydrogen) atoms. The monoisotopic (exact) mass is 290 g/mol. The predicted octanol–water partition coefficient (Wildman–Crippen LogP) is 3.57. The molecular formula is C9H4ClF5O3. The van der Waals surface area contributed by atoms with Crippen LogP contribution in [0, 0.1) is 0 Å². The first-order valence-electron chi connectivity index (χ1n) is 4.23. The molecule has 0 aromatic heterocycles. The van der Waals surface area contributed by atoms with E-state index in [1.54, 1.807) is 0 Å². The van der Waals surface area contributed by atoms with Gasteiger partial charge in [-0.15, -0.1) is 13.2 Å². The van der Waals surface area contributed by atoms with Gasteiger partial charge in [0.05, 0.1) is 0 Å². The number of carbonyl (C=O) groups excluding carboxylic acids is 1. The van der Waals surface area contributed by atoms with Crippen LogP contribution in [-0.4, -0.2) is 18.2 Å². The third-order valence-corrected chi connectivity index (χ3v) is 1.83. The van der Waals surface area contributed by atoms with Crippen LogP contribution in [0.4, 0.5) is 22.0 Å². The largest absolute Gasteiger partial charge is 0.573 e. The summed E-state index contributed by atoms with van der Waals surface area (Å²) >= 11 is 5.04. The molecule has 0 saturated carbocycles. The highest BCUT2D eigenvalue weighted by molar-refractivity contribution is 6.67. The van der Waals surface area contributed by atoms with E-state index in [9.17, 15) is 26.7 Å². The Balaban J connectivity index is 3.13. The van der Waals surface area contributed by atoms with Gasteiger partial charge in [0.15, 0.2) is 11.5 Å². The molecular weight excluding hydrogens is 287 g/mol. The van der Waals surface area contributed by atoms with Gasteiger partial charge in [-0.2, -0.15) is 8.78 Å². The number of halogens is 6. The molecule has 3 nitrogen and oxygen atoms in total. The van der Waals surface area contributed by atoms with Crippen LogP contribution in [0.1, 0.15) is 10.4 Å². The van der Waals surface area contributed by atoms with Crippen molar-refractivity contribution in [2.75, 3.05) is 0 Å². The summed E-state index contributed by atoms with van der Waals surface area (Å²) in [6, 6.07) is 2.21. The molecule has 0 aliphatic carbocycles. The van der Waals surface area contributed by atoms with Crippen molar-refractivity contribution in [2.45, 2.75) is 13.0 Å². The molecule has 0 amide bonds. The van der Waals surface area contributed by atoms with Crippen LogP contribution in [0.2, 0.25) is 0 Å². The number of hydrogen-bond acceptors (Lipinski definition) is 3. The first-order chi connectivity index (χ1) is 8.19. The second-order valence-corrected chi connectivity index (χ2v) is 3.20. The Bertz CT molecular complexity index is 446. The molecule has 0 saturated heterocycles. The lowest BCUT2D eigenvalue weighted by Crippen LogP contribution is -2.18. The lowest BCUT2D eigenvalue weighted by Gasteiger charge is -2.14. The van der Waals surface area contributed by atoms with Crippen molar-refractivity contribution in [3.05, 3.63) is 23.8 Å². The topological polar surface area (TPSA) is 35.5 Å². The van der Waals surface area contributed by atoms with Crippen LogP contribution < -0.4 is 9.47 Å². The zero-order chi connectivity index (χ0) is 13.9. The molecule has 0 aliphatic rings. The van der Waals surface area contributed by atoms with E-state index in [1.807, 2.05) is 0 Å². The number of rotatable bonds is 4. The number of hydrogen-bond donors (Lipinski definition) is 0. The van der Waals surface area contributed by atoms with Crippen molar-refractivity contribution in [1.82, 2.24) is 0 Å². The lowest BCUT2D eigenvalue weighted by molar-refractivity contribution is -0.275. The van der Waals surface area contributed by atoms with Gasteiger partial charge >= 0.3 is 13.0 Å². The van der Waals surface area contributed by atoms with E-state index in [-0.39, 0.29) is 5.56 Å². The van der Waals surface area contributed by atoms with Gasteiger partial charge in [0.1, 0.15) is 0 Å². The highest BCUT2D eigenvalue weighted by Gasteiger charge is 2.33. The van der Waals surface area contributed by atoms with Crippen molar-refractivity contribution in [3.63, 3.8) is 0 Å². The Kier molecular flexibility index (Phi) is 4.33. The Labute approximate surface area is 102 Å². The van der Waals surface area contributed by atoms with E-state index < -0.39 is 29.7 Å². The smallest absolute Gasteiger partial charge is 0.431 e. The fourth-order valence-electron chi connectivity index (χ4n) is 1.03. The standard InChI is InChI=1S/C9H4ClF5O3/c10-7(16)4-1-2-5(17-8(11)12)6(3-4)18-9(13,14)15/h1-3,8H. The van der Waals surface area contributed by atoms with Gasteiger partial charge in [0.2, 0.25) is 0 Å². The van der Waals surface area contributed by atoms with Crippen LogP contribution in [-0.2, 0) is 0 Å². The molecule has 0 unspecified atom stereocenters. The van der Waals surface area contributed by atoms with Gasteiger partial charge in [-0.3, -0.25) is 4.79 Å². The van der Waals surface area contributed by atoms with Crippen molar-refractivity contribution in [2.24, 2.45) is 0 Å². The van der Waals surface area contributed by atoms with Crippen molar-refractivity contribution in [1.29, 1.82) is 0 Å². The molecule has 1 rings (SSSR count). The van der Waals surface area contributed by atoms with Crippen molar-refractivity contribution < 1.29 is 36.2 Å². The zero-order valence-electron chi connectivity index (χ0n) is 8.30. The maximum atomic E-state index is 12.0. The fourth-order valence-corrected chi connectivity index (χ4v) is 1.15. The van der Waals surface area contributed by atoms with Gasteiger partial charge < -0.3 is 9.47 Å². The molecule has 100 valence electrons. The third-order valence-electron chi connectivity index (χ3n) is 1.61. The van der Waals surface area contributed by atoms with Gasteiger partial charge in [0.25, 0.3) is 5.24 Å². The van der Waals surface area contributed by atoms with Crippen molar-refractivity contribution >= 4 is 16.8 Å². The molecule has 0 N–H and O–H groups in total. The van der Waals surface area contributed by atoms with E-state index >= 15 is 0 Å². The van der Waals surface area contributed by atoms with E-state index in [4.69, 9.17) is 11.6 Å². The molecule has 0 fully saturated rings. The number of carbonyl (C=O) groups is 1. The van der Waals surface area contributed by atoms with E-state index in [0.717, 1.165) is 12.1 Å². The van der Waals surface area contributed by atoms with E-state index in [1.165, 1.54) is 0 Å². The molecule has 0 atom stereocenters. The Morgan fingerprint density at radius 3 is 2.28 bits per heavy atom. The summed E-state index contributed by atoms with van der Waals surface area (Å²) in [6.07, 6.45) is -5.12. The lowest BCUT2D eigenvalue weighted by atomic mass is 10.2. The summed E-state index contributed by atoms with van der Waals surface area (Å²) in [7, 11) is 0. The van der Waals surface area contributed by atoms with Crippen LogP contribution in [0.3, 0.4) is 0 Å².